The van der Waals surface area contributed by atoms with Crippen LogP contribution in [-0.4, -0.2) is 18.8 Å². The van der Waals surface area contributed by atoms with Crippen LogP contribution in [0.3, 0.4) is 0 Å². The fourth-order valence-electron chi connectivity index (χ4n) is 2.04. The molecule has 3 nitrogen and oxygen atoms in total. The van der Waals surface area contributed by atoms with Gasteiger partial charge in [-0.25, -0.2) is 0 Å². The molecule has 0 unspecified atom stereocenters. The number of hydrogen-bond acceptors (Lipinski definition) is 3. The van der Waals surface area contributed by atoms with Crippen LogP contribution in [0, 0.1) is 0 Å². The molecule has 1 N–H and O–H groups in total. The van der Waals surface area contributed by atoms with Gasteiger partial charge in [-0.3, -0.25) is 0 Å². The molecule has 0 saturated carbocycles. The average Bonchev–Trinajstić information content (AvgIpc) is 2.48. The largest absolute Gasteiger partial charge is 0.497 e. The Morgan fingerprint density at radius 1 is 1.10 bits per heavy atom. The van der Waals surface area contributed by atoms with Gasteiger partial charge >= 0.3 is 0 Å². The Morgan fingerprint density at radius 3 is 2.50 bits per heavy atom. The minimum atomic E-state index is -0.562. The first-order valence-electron chi connectivity index (χ1n) is 6.73. The quantitative estimate of drug-likeness (QED) is 0.876. The topological polar surface area (TPSA) is 38.7 Å². The Hall–Kier alpha value is -2.00. The van der Waals surface area contributed by atoms with Crippen molar-refractivity contribution in [2.75, 3.05) is 13.7 Å². The standard InChI is InChI=1S/C17H20O3/c1-13(18)16-9-8-15(19-2)12-17(16)20-11-10-14-6-4-3-5-7-14/h3-9,12-13,18H,10-11H2,1-2H3/t13-/m1/s1. The first-order valence-corrected chi connectivity index (χ1v) is 6.73. The van der Waals surface area contributed by atoms with Gasteiger partial charge in [-0.05, 0) is 24.6 Å². The molecule has 0 fully saturated rings. The second kappa shape index (κ2) is 6.96. The zero-order valence-electron chi connectivity index (χ0n) is 11.9. The Morgan fingerprint density at radius 2 is 1.85 bits per heavy atom. The predicted octanol–water partition coefficient (Wildman–Crippen LogP) is 3.37. The normalized spacial score (nSPS) is 11.9. The van der Waals surface area contributed by atoms with Crippen LogP contribution < -0.4 is 9.47 Å². The summed E-state index contributed by atoms with van der Waals surface area (Å²) in [6, 6.07) is 15.7. The molecular formula is C17H20O3. The minimum absolute atomic E-state index is 0.562. The van der Waals surface area contributed by atoms with E-state index in [-0.39, 0.29) is 0 Å². The molecule has 2 aromatic carbocycles. The Kier molecular flexibility index (Phi) is 5.02. The SMILES string of the molecule is COc1ccc([C@@H](C)O)c(OCCc2ccccc2)c1. The van der Waals surface area contributed by atoms with Crippen LogP contribution in [0.2, 0.25) is 0 Å². The lowest BCUT2D eigenvalue weighted by Gasteiger charge is -2.14. The van der Waals surface area contributed by atoms with Crippen molar-refractivity contribution < 1.29 is 14.6 Å². The van der Waals surface area contributed by atoms with E-state index in [1.165, 1.54) is 5.56 Å². The summed E-state index contributed by atoms with van der Waals surface area (Å²) in [6.07, 6.45) is 0.268. The Bertz CT molecular complexity index is 535. The van der Waals surface area contributed by atoms with Crippen LogP contribution in [0.4, 0.5) is 0 Å². The zero-order chi connectivity index (χ0) is 14.4. The van der Waals surface area contributed by atoms with E-state index in [0.29, 0.717) is 12.4 Å². The van der Waals surface area contributed by atoms with Crippen LogP contribution in [0.25, 0.3) is 0 Å². The van der Waals surface area contributed by atoms with Gasteiger partial charge in [0, 0.05) is 18.1 Å². The Labute approximate surface area is 119 Å². The van der Waals surface area contributed by atoms with E-state index in [0.717, 1.165) is 17.7 Å². The molecule has 0 aliphatic carbocycles. The van der Waals surface area contributed by atoms with Crippen molar-refractivity contribution in [2.24, 2.45) is 0 Å². The first-order chi connectivity index (χ1) is 9.70. The lowest BCUT2D eigenvalue weighted by Crippen LogP contribution is -2.05. The van der Waals surface area contributed by atoms with Gasteiger partial charge < -0.3 is 14.6 Å². The third-order valence-corrected chi connectivity index (χ3v) is 3.16. The van der Waals surface area contributed by atoms with Crippen molar-refractivity contribution in [3.63, 3.8) is 0 Å². The van der Waals surface area contributed by atoms with Crippen molar-refractivity contribution in [1.82, 2.24) is 0 Å². The number of aliphatic hydroxyl groups is 1. The van der Waals surface area contributed by atoms with Crippen LogP contribution in [0.5, 0.6) is 11.5 Å². The highest BCUT2D eigenvalue weighted by atomic mass is 16.5. The number of hydrogen-bond donors (Lipinski definition) is 1. The highest BCUT2D eigenvalue weighted by Gasteiger charge is 2.10. The number of aliphatic hydroxyl groups excluding tert-OH is 1. The molecule has 0 saturated heterocycles. The molecule has 2 aromatic rings. The summed E-state index contributed by atoms with van der Waals surface area (Å²) in [5.41, 5.74) is 2.01. The third kappa shape index (κ3) is 3.75. The molecule has 0 heterocycles. The van der Waals surface area contributed by atoms with E-state index in [2.05, 4.69) is 12.1 Å². The maximum absolute atomic E-state index is 9.76. The molecule has 0 radical (unpaired) electrons. The zero-order valence-corrected chi connectivity index (χ0v) is 11.9. The molecule has 0 aliphatic rings. The van der Waals surface area contributed by atoms with Gasteiger partial charge in [0.2, 0.25) is 0 Å². The Balaban J connectivity index is 2.04. The third-order valence-electron chi connectivity index (χ3n) is 3.16. The fourth-order valence-corrected chi connectivity index (χ4v) is 2.04. The molecule has 0 amide bonds. The number of ether oxygens (including phenoxy) is 2. The smallest absolute Gasteiger partial charge is 0.128 e. The molecule has 0 spiro atoms. The summed E-state index contributed by atoms with van der Waals surface area (Å²) >= 11 is 0. The molecule has 0 aliphatic heterocycles. The highest BCUT2D eigenvalue weighted by molar-refractivity contribution is 5.41. The average molecular weight is 272 g/mol. The molecule has 2 rings (SSSR count). The first kappa shape index (κ1) is 14.4. The molecule has 106 valence electrons. The maximum atomic E-state index is 9.76. The number of methoxy groups -OCH3 is 1. The number of benzene rings is 2. The van der Waals surface area contributed by atoms with Gasteiger partial charge in [0.15, 0.2) is 0 Å². The second-order valence-electron chi connectivity index (χ2n) is 4.66. The predicted molar refractivity (Wildman–Crippen MR) is 79.3 cm³/mol. The van der Waals surface area contributed by atoms with Gasteiger partial charge in [-0.15, -0.1) is 0 Å². The summed E-state index contributed by atoms with van der Waals surface area (Å²) in [4.78, 5) is 0. The maximum Gasteiger partial charge on any atom is 0.128 e. The van der Waals surface area contributed by atoms with E-state index in [4.69, 9.17) is 9.47 Å². The summed E-state index contributed by atoms with van der Waals surface area (Å²) < 4.78 is 11.0. The van der Waals surface area contributed by atoms with Gasteiger partial charge in [0.05, 0.1) is 19.8 Å². The van der Waals surface area contributed by atoms with Crippen molar-refractivity contribution in [3.8, 4) is 11.5 Å². The summed E-state index contributed by atoms with van der Waals surface area (Å²) in [7, 11) is 1.62. The molecule has 0 aromatic heterocycles. The van der Waals surface area contributed by atoms with E-state index in [1.54, 1.807) is 14.0 Å². The van der Waals surface area contributed by atoms with E-state index in [9.17, 15) is 5.11 Å². The van der Waals surface area contributed by atoms with Crippen molar-refractivity contribution in [3.05, 3.63) is 59.7 Å². The minimum Gasteiger partial charge on any atom is -0.497 e. The van der Waals surface area contributed by atoms with Gasteiger partial charge in [-0.1, -0.05) is 30.3 Å². The summed E-state index contributed by atoms with van der Waals surface area (Å²) in [6.45, 7) is 2.29. The van der Waals surface area contributed by atoms with Crippen LogP contribution >= 0.6 is 0 Å². The van der Waals surface area contributed by atoms with Crippen LogP contribution in [0.1, 0.15) is 24.2 Å². The van der Waals surface area contributed by atoms with Gasteiger partial charge in [0.1, 0.15) is 11.5 Å². The van der Waals surface area contributed by atoms with Gasteiger partial charge in [0.25, 0.3) is 0 Å². The summed E-state index contributed by atoms with van der Waals surface area (Å²) in [5, 5.41) is 9.76. The monoisotopic (exact) mass is 272 g/mol. The molecular weight excluding hydrogens is 252 g/mol. The fraction of sp³-hybridized carbons (Fsp3) is 0.294. The van der Waals surface area contributed by atoms with Crippen molar-refractivity contribution in [1.29, 1.82) is 0 Å². The lowest BCUT2D eigenvalue weighted by atomic mass is 10.1. The van der Waals surface area contributed by atoms with Gasteiger partial charge in [-0.2, -0.15) is 0 Å². The highest BCUT2D eigenvalue weighted by Crippen LogP contribution is 2.29. The molecule has 1 atom stereocenters. The molecule has 3 heteroatoms. The molecule has 0 bridgehead atoms. The van der Waals surface area contributed by atoms with Crippen LogP contribution in [0.15, 0.2) is 48.5 Å². The lowest BCUT2D eigenvalue weighted by molar-refractivity contribution is 0.191. The second-order valence-corrected chi connectivity index (χ2v) is 4.66. The van der Waals surface area contributed by atoms with E-state index in [1.807, 2.05) is 36.4 Å². The van der Waals surface area contributed by atoms with E-state index < -0.39 is 6.10 Å². The number of rotatable bonds is 6. The van der Waals surface area contributed by atoms with Crippen LogP contribution in [-0.2, 0) is 6.42 Å². The molecule has 20 heavy (non-hydrogen) atoms. The van der Waals surface area contributed by atoms with Crippen molar-refractivity contribution >= 4 is 0 Å². The van der Waals surface area contributed by atoms with Crippen molar-refractivity contribution in [2.45, 2.75) is 19.4 Å². The van der Waals surface area contributed by atoms with E-state index >= 15 is 0 Å². The summed E-state index contributed by atoms with van der Waals surface area (Å²) in [5.74, 6) is 1.40.